The van der Waals surface area contributed by atoms with Crippen LogP contribution >= 0.6 is 11.3 Å². The Morgan fingerprint density at radius 3 is 3.00 bits per heavy atom. The van der Waals surface area contributed by atoms with Crippen LogP contribution in [0.25, 0.3) is 10.6 Å². The van der Waals surface area contributed by atoms with Crippen molar-refractivity contribution < 1.29 is 0 Å². The molecule has 15 heavy (non-hydrogen) atoms. The molecule has 1 N–H and O–H groups in total. The van der Waals surface area contributed by atoms with Crippen LogP contribution in [0.2, 0.25) is 0 Å². The van der Waals surface area contributed by atoms with Gasteiger partial charge in [-0.2, -0.15) is 10.2 Å². The summed E-state index contributed by atoms with van der Waals surface area (Å²) in [5.74, 6) is 0. The molecule has 2 aromatic heterocycles. The van der Waals surface area contributed by atoms with Crippen LogP contribution in [0.3, 0.4) is 0 Å². The fourth-order valence-electron chi connectivity index (χ4n) is 1.12. The second kappa shape index (κ2) is 4.90. The van der Waals surface area contributed by atoms with Crippen molar-refractivity contribution in [2.75, 3.05) is 13.6 Å². The van der Waals surface area contributed by atoms with E-state index in [0.29, 0.717) is 0 Å². The topological polar surface area (TPSA) is 63.6 Å². The van der Waals surface area contributed by atoms with Gasteiger partial charge in [0.2, 0.25) is 0 Å². The molecule has 0 radical (unpaired) electrons. The second-order valence-electron chi connectivity index (χ2n) is 2.99. The van der Waals surface area contributed by atoms with Crippen molar-refractivity contribution in [2.24, 2.45) is 0 Å². The molecule has 0 amide bonds. The van der Waals surface area contributed by atoms with Crippen LogP contribution in [-0.4, -0.2) is 34.0 Å². The molecular formula is C9H11N5S. The Balaban J connectivity index is 2.14. The standard InChI is InChI=1S/C9H11N5S/c1-10-4-3-8-13-14-9(15-8)7-2-5-11-12-6-7/h2,5-6,10H,3-4H2,1H3. The summed E-state index contributed by atoms with van der Waals surface area (Å²) in [5.41, 5.74) is 0.971. The maximum absolute atomic E-state index is 4.11. The van der Waals surface area contributed by atoms with E-state index in [1.54, 1.807) is 23.7 Å². The highest BCUT2D eigenvalue weighted by atomic mass is 32.1. The number of hydrogen-bond donors (Lipinski definition) is 1. The largest absolute Gasteiger partial charge is 0.319 e. The van der Waals surface area contributed by atoms with Crippen molar-refractivity contribution in [3.8, 4) is 10.6 Å². The molecule has 0 aliphatic carbocycles. The Morgan fingerprint density at radius 1 is 1.33 bits per heavy atom. The molecular weight excluding hydrogens is 210 g/mol. The number of likely N-dealkylation sites (N-methyl/N-ethyl adjacent to an activating group) is 1. The number of nitrogens with zero attached hydrogens (tertiary/aromatic N) is 4. The fourth-order valence-corrected chi connectivity index (χ4v) is 1.95. The molecule has 6 heteroatoms. The van der Waals surface area contributed by atoms with E-state index < -0.39 is 0 Å². The minimum atomic E-state index is 0.899. The zero-order chi connectivity index (χ0) is 10.5. The van der Waals surface area contributed by atoms with Crippen molar-refractivity contribution in [1.82, 2.24) is 25.7 Å². The quantitative estimate of drug-likeness (QED) is 0.825. The van der Waals surface area contributed by atoms with Gasteiger partial charge in [0, 0.05) is 18.5 Å². The van der Waals surface area contributed by atoms with Crippen LogP contribution in [-0.2, 0) is 6.42 Å². The van der Waals surface area contributed by atoms with E-state index in [9.17, 15) is 0 Å². The third-order valence-electron chi connectivity index (χ3n) is 1.89. The Kier molecular flexibility index (Phi) is 3.31. The van der Waals surface area contributed by atoms with Gasteiger partial charge in [-0.25, -0.2) is 0 Å². The van der Waals surface area contributed by atoms with Crippen LogP contribution in [0.1, 0.15) is 5.01 Å². The summed E-state index contributed by atoms with van der Waals surface area (Å²) in [5, 5.41) is 20.8. The van der Waals surface area contributed by atoms with Crippen molar-refractivity contribution in [1.29, 1.82) is 0 Å². The zero-order valence-corrected chi connectivity index (χ0v) is 9.16. The SMILES string of the molecule is CNCCc1nnc(-c2ccnnc2)s1. The normalized spacial score (nSPS) is 10.5. The number of rotatable bonds is 4. The summed E-state index contributed by atoms with van der Waals surface area (Å²) in [6.45, 7) is 0.920. The van der Waals surface area contributed by atoms with Crippen LogP contribution in [0, 0.1) is 0 Å². The first-order chi connectivity index (χ1) is 7.40. The zero-order valence-electron chi connectivity index (χ0n) is 8.34. The third-order valence-corrected chi connectivity index (χ3v) is 2.92. The highest BCUT2D eigenvalue weighted by molar-refractivity contribution is 7.14. The Morgan fingerprint density at radius 2 is 2.27 bits per heavy atom. The van der Waals surface area contributed by atoms with Crippen LogP contribution in [0.15, 0.2) is 18.5 Å². The molecule has 2 rings (SSSR count). The average molecular weight is 221 g/mol. The molecule has 5 nitrogen and oxygen atoms in total. The molecule has 78 valence electrons. The summed E-state index contributed by atoms with van der Waals surface area (Å²) >= 11 is 1.60. The maximum atomic E-state index is 4.11. The summed E-state index contributed by atoms with van der Waals surface area (Å²) in [6.07, 6.45) is 4.26. The van der Waals surface area contributed by atoms with Gasteiger partial charge in [0.25, 0.3) is 0 Å². The molecule has 0 bridgehead atoms. The van der Waals surface area contributed by atoms with Gasteiger partial charge < -0.3 is 5.32 Å². The van der Waals surface area contributed by atoms with E-state index in [1.807, 2.05) is 13.1 Å². The number of hydrogen-bond acceptors (Lipinski definition) is 6. The smallest absolute Gasteiger partial charge is 0.149 e. The average Bonchev–Trinajstić information content (AvgIpc) is 2.76. The molecule has 2 heterocycles. The minimum absolute atomic E-state index is 0.899. The lowest BCUT2D eigenvalue weighted by molar-refractivity contribution is 0.779. The second-order valence-corrected chi connectivity index (χ2v) is 4.05. The highest BCUT2D eigenvalue weighted by Gasteiger charge is 2.05. The molecule has 0 aliphatic heterocycles. The Hall–Kier alpha value is -1.40. The fraction of sp³-hybridized carbons (Fsp3) is 0.333. The predicted octanol–water partition coefficient (Wildman–Crippen LogP) is 0.757. The Bertz CT molecular complexity index is 413. The van der Waals surface area contributed by atoms with E-state index in [0.717, 1.165) is 28.5 Å². The van der Waals surface area contributed by atoms with Crippen molar-refractivity contribution in [2.45, 2.75) is 6.42 Å². The minimum Gasteiger partial charge on any atom is -0.319 e. The van der Waals surface area contributed by atoms with Gasteiger partial charge in [0.05, 0.1) is 12.4 Å². The van der Waals surface area contributed by atoms with Gasteiger partial charge in [-0.15, -0.1) is 10.2 Å². The number of nitrogens with one attached hydrogen (secondary N) is 1. The Labute approximate surface area is 91.6 Å². The van der Waals surface area contributed by atoms with Gasteiger partial charge in [-0.05, 0) is 13.1 Å². The first kappa shape index (κ1) is 10.1. The van der Waals surface area contributed by atoms with Crippen LogP contribution in [0.4, 0.5) is 0 Å². The van der Waals surface area contributed by atoms with Crippen LogP contribution < -0.4 is 5.32 Å². The summed E-state index contributed by atoms with van der Waals surface area (Å²) in [7, 11) is 1.93. The van der Waals surface area contributed by atoms with Crippen molar-refractivity contribution in [3.05, 3.63) is 23.5 Å². The summed E-state index contributed by atoms with van der Waals surface area (Å²) in [4.78, 5) is 0. The van der Waals surface area contributed by atoms with E-state index in [2.05, 4.69) is 25.7 Å². The predicted molar refractivity (Wildman–Crippen MR) is 58.6 cm³/mol. The molecule has 0 aliphatic rings. The molecule has 0 atom stereocenters. The van der Waals surface area contributed by atoms with Crippen LogP contribution in [0.5, 0.6) is 0 Å². The molecule has 0 saturated heterocycles. The van der Waals surface area contributed by atoms with Gasteiger partial charge in [-0.3, -0.25) is 0 Å². The first-order valence-electron chi connectivity index (χ1n) is 4.64. The third kappa shape index (κ3) is 2.54. The van der Waals surface area contributed by atoms with Gasteiger partial charge in [0.15, 0.2) is 0 Å². The number of aromatic nitrogens is 4. The lowest BCUT2D eigenvalue weighted by Gasteiger charge is -1.92. The molecule has 2 aromatic rings. The highest BCUT2D eigenvalue weighted by Crippen LogP contribution is 2.21. The first-order valence-corrected chi connectivity index (χ1v) is 5.46. The monoisotopic (exact) mass is 221 g/mol. The van der Waals surface area contributed by atoms with Gasteiger partial charge >= 0.3 is 0 Å². The molecule has 0 unspecified atom stereocenters. The molecule has 0 aromatic carbocycles. The molecule has 0 spiro atoms. The lowest BCUT2D eigenvalue weighted by Crippen LogP contribution is -2.09. The van der Waals surface area contributed by atoms with Gasteiger partial charge in [0.1, 0.15) is 10.0 Å². The van der Waals surface area contributed by atoms with E-state index >= 15 is 0 Å². The van der Waals surface area contributed by atoms with E-state index in [-0.39, 0.29) is 0 Å². The summed E-state index contributed by atoms with van der Waals surface area (Å²) in [6, 6.07) is 1.88. The van der Waals surface area contributed by atoms with Crippen molar-refractivity contribution in [3.63, 3.8) is 0 Å². The van der Waals surface area contributed by atoms with E-state index in [1.165, 1.54) is 0 Å². The molecule has 0 fully saturated rings. The maximum Gasteiger partial charge on any atom is 0.149 e. The summed E-state index contributed by atoms with van der Waals surface area (Å²) < 4.78 is 0. The lowest BCUT2D eigenvalue weighted by atomic mass is 10.3. The molecule has 0 saturated carbocycles. The van der Waals surface area contributed by atoms with Gasteiger partial charge in [-0.1, -0.05) is 11.3 Å². The van der Waals surface area contributed by atoms with Crippen molar-refractivity contribution >= 4 is 11.3 Å². The van der Waals surface area contributed by atoms with E-state index in [4.69, 9.17) is 0 Å².